The number of benzene rings is 2. The van der Waals surface area contributed by atoms with E-state index in [2.05, 4.69) is 0 Å². The van der Waals surface area contributed by atoms with Crippen molar-refractivity contribution in [3.8, 4) is 0 Å². The minimum absolute atomic E-state index is 0.123. The van der Waals surface area contributed by atoms with Gasteiger partial charge in [-0.1, -0.05) is 12.8 Å². The van der Waals surface area contributed by atoms with Gasteiger partial charge in [-0.3, -0.25) is 14.4 Å². The van der Waals surface area contributed by atoms with Crippen molar-refractivity contribution in [2.24, 2.45) is 0 Å². The summed E-state index contributed by atoms with van der Waals surface area (Å²) < 4.78 is 18.3. The van der Waals surface area contributed by atoms with Crippen LogP contribution in [0.3, 0.4) is 0 Å². The number of hydrogen-bond acceptors (Lipinski definition) is 5. The van der Waals surface area contributed by atoms with Gasteiger partial charge in [0, 0.05) is 11.6 Å². The van der Waals surface area contributed by atoms with Crippen molar-refractivity contribution in [1.82, 2.24) is 4.90 Å². The molecule has 2 aromatic rings. The molecule has 0 bridgehead atoms. The van der Waals surface area contributed by atoms with Gasteiger partial charge in [0.1, 0.15) is 11.9 Å². The van der Waals surface area contributed by atoms with Gasteiger partial charge in [0.2, 0.25) is 5.91 Å². The quantitative estimate of drug-likeness (QED) is 0.493. The van der Waals surface area contributed by atoms with E-state index in [-0.39, 0.29) is 30.5 Å². The molecular formula is C25H25FN2O5. The highest BCUT2D eigenvalue weighted by atomic mass is 19.1. The lowest BCUT2D eigenvalue weighted by molar-refractivity contribution is -0.123. The van der Waals surface area contributed by atoms with Gasteiger partial charge >= 0.3 is 5.97 Å². The first-order valence-corrected chi connectivity index (χ1v) is 11.1. The van der Waals surface area contributed by atoms with Crippen molar-refractivity contribution in [2.75, 3.05) is 11.5 Å². The lowest BCUT2D eigenvalue weighted by atomic mass is 10.1. The first kappa shape index (κ1) is 22.6. The molecule has 0 radical (unpaired) electrons. The summed E-state index contributed by atoms with van der Waals surface area (Å²) in [7, 11) is 0. The number of imide groups is 1. The van der Waals surface area contributed by atoms with Gasteiger partial charge in [-0.2, -0.15) is 0 Å². The Labute approximate surface area is 191 Å². The number of rotatable bonds is 6. The Bertz CT molecular complexity index is 1060. The van der Waals surface area contributed by atoms with E-state index in [4.69, 9.17) is 4.74 Å². The summed E-state index contributed by atoms with van der Waals surface area (Å²) >= 11 is 0. The molecule has 3 amide bonds. The molecular weight excluding hydrogens is 427 g/mol. The van der Waals surface area contributed by atoms with Crippen LogP contribution >= 0.6 is 0 Å². The largest absolute Gasteiger partial charge is 0.462 e. The standard InChI is InChI=1S/C25H25FN2O5/c1-2-33-25(32)17-9-13-20(14-10-17)28-22(29)15-21(24(28)31)27(19-5-3-4-6-19)23(30)16-7-11-18(26)12-8-16/h7-14,19,21H,2-6,15H2,1H3. The maximum atomic E-state index is 13.4. The first-order chi connectivity index (χ1) is 15.9. The van der Waals surface area contributed by atoms with E-state index >= 15 is 0 Å². The molecule has 1 aliphatic heterocycles. The fourth-order valence-corrected chi connectivity index (χ4v) is 4.55. The monoisotopic (exact) mass is 452 g/mol. The highest BCUT2D eigenvalue weighted by Crippen LogP contribution is 2.33. The average Bonchev–Trinajstić information content (AvgIpc) is 3.43. The second-order valence-corrected chi connectivity index (χ2v) is 8.21. The van der Waals surface area contributed by atoms with Crippen molar-refractivity contribution >= 4 is 29.4 Å². The summed E-state index contributed by atoms with van der Waals surface area (Å²) in [5, 5.41) is 0. The zero-order chi connectivity index (χ0) is 23.5. The zero-order valence-corrected chi connectivity index (χ0v) is 18.3. The second-order valence-electron chi connectivity index (χ2n) is 8.21. The van der Waals surface area contributed by atoms with Gasteiger partial charge < -0.3 is 9.64 Å². The number of esters is 1. The van der Waals surface area contributed by atoms with E-state index in [9.17, 15) is 23.6 Å². The van der Waals surface area contributed by atoms with E-state index in [1.165, 1.54) is 53.4 Å². The first-order valence-electron chi connectivity index (χ1n) is 11.1. The molecule has 1 saturated carbocycles. The summed E-state index contributed by atoms with van der Waals surface area (Å²) in [5.41, 5.74) is 0.928. The summed E-state index contributed by atoms with van der Waals surface area (Å²) in [6.45, 7) is 1.95. The molecule has 2 aliphatic rings. The van der Waals surface area contributed by atoms with Crippen LogP contribution in [-0.2, 0) is 14.3 Å². The number of carbonyl (C=O) groups excluding carboxylic acids is 4. The Balaban J connectivity index is 1.61. The molecule has 1 unspecified atom stereocenters. The predicted molar refractivity (Wildman–Crippen MR) is 118 cm³/mol. The van der Waals surface area contributed by atoms with Crippen LogP contribution in [-0.4, -0.2) is 47.3 Å². The second kappa shape index (κ2) is 9.52. The Hall–Kier alpha value is -3.55. The number of hydrogen-bond donors (Lipinski definition) is 0. The van der Waals surface area contributed by atoms with Crippen LogP contribution in [0.1, 0.15) is 59.7 Å². The van der Waals surface area contributed by atoms with Gasteiger partial charge in [0.25, 0.3) is 11.8 Å². The maximum Gasteiger partial charge on any atom is 0.338 e. The summed E-state index contributed by atoms with van der Waals surface area (Å²) in [4.78, 5) is 54.1. The van der Waals surface area contributed by atoms with E-state index in [1.54, 1.807) is 6.92 Å². The average molecular weight is 452 g/mol. The third kappa shape index (κ3) is 4.51. The van der Waals surface area contributed by atoms with Crippen molar-refractivity contribution in [3.05, 3.63) is 65.5 Å². The molecule has 4 rings (SSSR count). The molecule has 172 valence electrons. The number of nitrogens with zero attached hydrogens (tertiary/aromatic N) is 2. The fraction of sp³-hybridized carbons (Fsp3) is 0.360. The molecule has 2 aromatic carbocycles. The minimum atomic E-state index is -0.928. The lowest BCUT2D eigenvalue weighted by Crippen LogP contribution is -2.50. The molecule has 0 aromatic heterocycles. The number of carbonyl (C=O) groups is 4. The van der Waals surface area contributed by atoms with Crippen LogP contribution in [0.2, 0.25) is 0 Å². The van der Waals surface area contributed by atoms with Crippen molar-refractivity contribution < 1.29 is 28.3 Å². The molecule has 0 spiro atoms. The minimum Gasteiger partial charge on any atom is -0.462 e. The van der Waals surface area contributed by atoms with Crippen molar-refractivity contribution in [3.63, 3.8) is 0 Å². The third-order valence-corrected chi connectivity index (χ3v) is 6.14. The zero-order valence-electron chi connectivity index (χ0n) is 18.3. The predicted octanol–water partition coefficient (Wildman–Crippen LogP) is 3.72. The van der Waals surface area contributed by atoms with Gasteiger partial charge in [0.05, 0.1) is 24.3 Å². The number of halogens is 1. The topological polar surface area (TPSA) is 84.0 Å². The molecule has 8 heteroatoms. The molecule has 1 heterocycles. The summed E-state index contributed by atoms with van der Waals surface area (Å²) in [5.74, 6) is -2.22. The van der Waals surface area contributed by atoms with Gasteiger partial charge in [0.15, 0.2) is 0 Å². The van der Waals surface area contributed by atoms with Gasteiger partial charge in [-0.25, -0.2) is 14.1 Å². The van der Waals surface area contributed by atoms with Crippen molar-refractivity contribution in [2.45, 2.75) is 51.1 Å². The summed E-state index contributed by atoms with van der Waals surface area (Å²) in [6.07, 6.45) is 3.25. The van der Waals surface area contributed by atoms with E-state index in [0.29, 0.717) is 11.3 Å². The maximum absolute atomic E-state index is 13.4. The molecule has 1 aliphatic carbocycles. The fourth-order valence-electron chi connectivity index (χ4n) is 4.55. The van der Waals surface area contributed by atoms with Crippen LogP contribution in [0.15, 0.2) is 48.5 Å². The Kier molecular flexibility index (Phi) is 6.53. The SMILES string of the molecule is CCOC(=O)c1ccc(N2C(=O)CC(N(C(=O)c3ccc(F)cc3)C3CCCC3)C2=O)cc1. The molecule has 7 nitrogen and oxygen atoms in total. The van der Waals surface area contributed by atoms with Crippen LogP contribution in [0.25, 0.3) is 0 Å². The molecule has 2 fully saturated rings. The van der Waals surface area contributed by atoms with E-state index in [0.717, 1.165) is 30.6 Å². The molecule has 1 saturated heterocycles. The molecule has 0 N–H and O–H groups in total. The number of ether oxygens (including phenoxy) is 1. The normalized spacial score (nSPS) is 18.6. The molecule has 33 heavy (non-hydrogen) atoms. The third-order valence-electron chi connectivity index (χ3n) is 6.14. The smallest absolute Gasteiger partial charge is 0.338 e. The van der Waals surface area contributed by atoms with Gasteiger partial charge in [-0.15, -0.1) is 0 Å². The number of anilines is 1. The van der Waals surface area contributed by atoms with Crippen molar-refractivity contribution in [1.29, 1.82) is 0 Å². The van der Waals surface area contributed by atoms with Crippen LogP contribution in [0, 0.1) is 5.82 Å². The highest BCUT2D eigenvalue weighted by Gasteiger charge is 2.47. The van der Waals surface area contributed by atoms with Crippen LogP contribution in [0.5, 0.6) is 0 Å². The van der Waals surface area contributed by atoms with Crippen LogP contribution in [0.4, 0.5) is 10.1 Å². The number of amides is 3. The van der Waals surface area contributed by atoms with E-state index in [1.807, 2.05) is 0 Å². The van der Waals surface area contributed by atoms with E-state index < -0.39 is 29.6 Å². The Morgan fingerprint density at radius 2 is 1.61 bits per heavy atom. The lowest BCUT2D eigenvalue weighted by Gasteiger charge is -2.33. The Morgan fingerprint density at radius 1 is 1.00 bits per heavy atom. The Morgan fingerprint density at radius 3 is 2.21 bits per heavy atom. The summed E-state index contributed by atoms with van der Waals surface area (Å²) in [6, 6.07) is 10.2. The highest BCUT2D eigenvalue weighted by molar-refractivity contribution is 6.23. The molecule has 1 atom stereocenters. The van der Waals surface area contributed by atoms with Gasteiger partial charge in [-0.05, 0) is 68.3 Å². The van der Waals surface area contributed by atoms with Crippen LogP contribution < -0.4 is 4.90 Å².